The van der Waals surface area contributed by atoms with Crippen molar-refractivity contribution in [3.05, 3.63) is 82.9 Å². The second kappa shape index (κ2) is 7.82. The average Bonchev–Trinajstić information content (AvgIpc) is 3.11. The van der Waals surface area contributed by atoms with Gasteiger partial charge in [0.25, 0.3) is 11.8 Å². The molecule has 138 valence electrons. The van der Waals surface area contributed by atoms with Crippen molar-refractivity contribution in [1.29, 1.82) is 0 Å². The van der Waals surface area contributed by atoms with Crippen molar-refractivity contribution < 1.29 is 14.0 Å². The van der Waals surface area contributed by atoms with E-state index < -0.39 is 11.8 Å². The summed E-state index contributed by atoms with van der Waals surface area (Å²) in [6.07, 6.45) is 1.96. The molecule has 0 fully saturated rings. The summed E-state index contributed by atoms with van der Waals surface area (Å²) in [7, 11) is 0. The van der Waals surface area contributed by atoms with Crippen LogP contribution in [0.1, 0.15) is 38.9 Å². The van der Waals surface area contributed by atoms with Gasteiger partial charge in [0, 0.05) is 5.56 Å². The summed E-state index contributed by atoms with van der Waals surface area (Å²) in [6.45, 7) is 3.71. The van der Waals surface area contributed by atoms with Crippen molar-refractivity contribution in [2.45, 2.75) is 20.3 Å². The summed E-state index contributed by atoms with van der Waals surface area (Å²) < 4.78 is 14.7. The van der Waals surface area contributed by atoms with Gasteiger partial charge < -0.3 is 0 Å². The lowest BCUT2D eigenvalue weighted by Gasteiger charge is -2.10. The Morgan fingerprint density at radius 2 is 1.63 bits per heavy atom. The molecule has 0 aliphatic rings. The molecule has 0 bridgehead atoms. The molecule has 0 unspecified atom stereocenters. The molecule has 0 saturated carbocycles. The molecule has 0 radical (unpaired) electrons. The summed E-state index contributed by atoms with van der Waals surface area (Å²) in [5, 5.41) is 4.23. The first-order valence-corrected chi connectivity index (χ1v) is 8.50. The number of carbonyl (C=O) groups excluding carboxylic acids is 2. The van der Waals surface area contributed by atoms with Gasteiger partial charge >= 0.3 is 0 Å². The number of nitrogens with zero attached hydrogens (tertiary/aromatic N) is 2. The normalized spacial score (nSPS) is 10.5. The molecule has 2 N–H and O–H groups in total. The lowest BCUT2D eigenvalue weighted by atomic mass is 10.1. The van der Waals surface area contributed by atoms with Crippen LogP contribution >= 0.6 is 0 Å². The lowest BCUT2D eigenvalue weighted by molar-refractivity contribution is 0.0845. The van der Waals surface area contributed by atoms with Crippen LogP contribution in [0, 0.1) is 12.7 Å². The van der Waals surface area contributed by atoms with E-state index in [1.165, 1.54) is 18.3 Å². The number of carbonyl (C=O) groups is 2. The Balaban J connectivity index is 1.76. The van der Waals surface area contributed by atoms with Gasteiger partial charge in [0.15, 0.2) is 0 Å². The van der Waals surface area contributed by atoms with Gasteiger partial charge in [-0.05, 0) is 49.2 Å². The summed E-state index contributed by atoms with van der Waals surface area (Å²) >= 11 is 0. The minimum atomic E-state index is -0.470. The zero-order valence-corrected chi connectivity index (χ0v) is 15.0. The van der Waals surface area contributed by atoms with Crippen molar-refractivity contribution in [3.63, 3.8) is 0 Å². The zero-order valence-electron chi connectivity index (χ0n) is 15.0. The van der Waals surface area contributed by atoms with Crippen LogP contribution in [0.25, 0.3) is 5.69 Å². The first-order chi connectivity index (χ1) is 13.0. The Kier molecular flexibility index (Phi) is 5.30. The Bertz CT molecular complexity index is 980. The maximum absolute atomic E-state index is 13.1. The Morgan fingerprint density at radius 1 is 1.00 bits per heavy atom. The summed E-state index contributed by atoms with van der Waals surface area (Å²) in [6, 6.07) is 12.9. The van der Waals surface area contributed by atoms with E-state index in [2.05, 4.69) is 16.0 Å². The number of aromatic nitrogens is 2. The molecular weight excluding hydrogens is 347 g/mol. The quantitative estimate of drug-likeness (QED) is 0.697. The Hall–Kier alpha value is -3.48. The van der Waals surface area contributed by atoms with E-state index in [0.29, 0.717) is 28.9 Å². The molecule has 0 saturated heterocycles. The van der Waals surface area contributed by atoms with Crippen LogP contribution in [0.15, 0.2) is 54.7 Å². The predicted octanol–water partition coefficient (Wildman–Crippen LogP) is 2.96. The standard InChI is InChI=1S/C20H19FN4O2/c1-3-18-17(12-22-25(18)15-10-8-14(21)9-11-15)20(27)24-23-19(26)16-7-5-4-6-13(16)2/h4-12H,3H2,1-2H3,(H,23,26)(H,24,27). The number of benzene rings is 2. The molecule has 2 aromatic carbocycles. The molecule has 27 heavy (non-hydrogen) atoms. The molecule has 1 heterocycles. The molecule has 2 amide bonds. The van der Waals surface area contributed by atoms with Crippen LogP contribution in [0.2, 0.25) is 0 Å². The van der Waals surface area contributed by atoms with Crippen LogP contribution in [-0.4, -0.2) is 21.6 Å². The molecule has 0 spiro atoms. The van der Waals surface area contributed by atoms with Crippen LogP contribution in [0.4, 0.5) is 4.39 Å². The van der Waals surface area contributed by atoms with Crippen molar-refractivity contribution in [1.82, 2.24) is 20.6 Å². The van der Waals surface area contributed by atoms with E-state index in [-0.39, 0.29) is 5.82 Å². The summed E-state index contributed by atoms with van der Waals surface area (Å²) in [5.74, 6) is -1.21. The van der Waals surface area contributed by atoms with Gasteiger partial charge in [-0.2, -0.15) is 5.10 Å². The number of hydrogen-bond acceptors (Lipinski definition) is 3. The lowest BCUT2D eigenvalue weighted by Crippen LogP contribution is -2.42. The number of hydrazine groups is 1. The molecule has 0 atom stereocenters. The van der Waals surface area contributed by atoms with E-state index in [1.54, 1.807) is 28.9 Å². The number of halogens is 1. The highest BCUT2D eigenvalue weighted by Crippen LogP contribution is 2.16. The first-order valence-electron chi connectivity index (χ1n) is 8.50. The van der Waals surface area contributed by atoms with Crippen LogP contribution in [0.3, 0.4) is 0 Å². The molecular formula is C20H19FN4O2. The van der Waals surface area contributed by atoms with E-state index in [9.17, 15) is 14.0 Å². The maximum atomic E-state index is 13.1. The number of aryl methyl sites for hydroxylation is 1. The molecule has 7 heteroatoms. The average molecular weight is 366 g/mol. The molecule has 3 rings (SSSR count). The fourth-order valence-corrected chi connectivity index (χ4v) is 2.78. The van der Waals surface area contributed by atoms with Gasteiger partial charge in [0.1, 0.15) is 5.82 Å². The zero-order chi connectivity index (χ0) is 19.4. The van der Waals surface area contributed by atoms with Crippen molar-refractivity contribution in [2.24, 2.45) is 0 Å². The maximum Gasteiger partial charge on any atom is 0.273 e. The van der Waals surface area contributed by atoms with Crippen molar-refractivity contribution >= 4 is 11.8 Å². The van der Waals surface area contributed by atoms with Crippen LogP contribution < -0.4 is 10.9 Å². The third-order valence-corrected chi connectivity index (χ3v) is 4.20. The van der Waals surface area contributed by atoms with E-state index in [0.717, 1.165) is 5.56 Å². The highest BCUT2D eigenvalue weighted by atomic mass is 19.1. The number of rotatable bonds is 4. The first kappa shape index (κ1) is 18.3. The van der Waals surface area contributed by atoms with E-state index in [1.807, 2.05) is 26.0 Å². The Labute approximate surface area is 156 Å². The minimum absolute atomic E-state index is 0.340. The van der Waals surface area contributed by atoms with Crippen LogP contribution in [-0.2, 0) is 6.42 Å². The molecule has 0 aliphatic carbocycles. The van der Waals surface area contributed by atoms with E-state index >= 15 is 0 Å². The second-order valence-electron chi connectivity index (χ2n) is 5.97. The minimum Gasteiger partial charge on any atom is -0.267 e. The second-order valence-corrected chi connectivity index (χ2v) is 5.97. The Morgan fingerprint density at radius 3 is 2.26 bits per heavy atom. The van der Waals surface area contributed by atoms with Gasteiger partial charge in [-0.15, -0.1) is 0 Å². The summed E-state index contributed by atoms with van der Waals surface area (Å²) in [5.41, 5.74) is 7.78. The third kappa shape index (κ3) is 3.87. The number of amides is 2. The van der Waals surface area contributed by atoms with E-state index in [4.69, 9.17) is 0 Å². The van der Waals surface area contributed by atoms with Crippen molar-refractivity contribution in [3.8, 4) is 5.69 Å². The number of nitrogens with one attached hydrogen (secondary N) is 2. The smallest absolute Gasteiger partial charge is 0.267 e. The SMILES string of the molecule is CCc1c(C(=O)NNC(=O)c2ccccc2C)cnn1-c1ccc(F)cc1. The fraction of sp³-hybridized carbons (Fsp3) is 0.150. The highest BCUT2D eigenvalue weighted by molar-refractivity contribution is 6.00. The van der Waals surface area contributed by atoms with Gasteiger partial charge in [-0.25, -0.2) is 9.07 Å². The van der Waals surface area contributed by atoms with Gasteiger partial charge in [-0.3, -0.25) is 20.4 Å². The highest BCUT2D eigenvalue weighted by Gasteiger charge is 2.18. The van der Waals surface area contributed by atoms with Gasteiger partial charge in [-0.1, -0.05) is 25.1 Å². The largest absolute Gasteiger partial charge is 0.273 e. The van der Waals surface area contributed by atoms with Gasteiger partial charge in [0.05, 0.1) is 23.1 Å². The number of hydrogen-bond donors (Lipinski definition) is 2. The molecule has 1 aromatic heterocycles. The summed E-state index contributed by atoms with van der Waals surface area (Å²) in [4.78, 5) is 24.7. The molecule has 3 aromatic rings. The topological polar surface area (TPSA) is 76.0 Å². The predicted molar refractivity (Wildman–Crippen MR) is 99.0 cm³/mol. The monoisotopic (exact) mass is 366 g/mol. The third-order valence-electron chi connectivity index (χ3n) is 4.20. The fourth-order valence-electron chi connectivity index (χ4n) is 2.78. The van der Waals surface area contributed by atoms with Crippen molar-refractivity contribution in [2.75, 3.05) is 0 Å². The van der Waals surface area contributed by atoms with Crippen LogP contribution in [0.5, 0.6) is 0 Å². The van der Waals surface area contributed by atoms with Gasteiger partial charge in [0.2, 0.25) is 0 Å². The molecule has 0 aliphatic heterocycles. The molecule has 6 nitrogen and oxygen atoms in total.